The number of halogens is 1. The first kappa shape index (κ1) is 17.4. The standard InChI is InChI=1S/C11H24ClO4P/c1-3-5-6-11(4-2)9-16-17(13,14)10-15-8-7-12/h11H,3-10H2,1-2H3,(H,13,14). The molecule has 4 nitrogen and oxygen atoms in total. The van der Waals surface area contributed by atoms with Crippen molar-refractivity contribution in [2.75, 3.05) is 25.4 Å². The van der Waals surface area contributed by atoms with Crippen LogP contribution in [-0.2, 0) is 13.8 Å². The lowest BCUT2D eigenvalue weighted by atomic mass is 10.0. The fraction of sp³-hybridized carbons (Fsp3) is 1.00. The predicted octanol–water partition coefficient (Wildman–Crippen LogP) is 3.62. The van der Waals surface area contributed by atoms with Crippen LogP contribution in [0, 0.1) is 5.92 Å². The number of unbranched alkanes of at least 4 members (excludes halogenated alkanes) is 1. The third-order valence-corrected chi connectivity index (χ3v) is 3.75. The van der Waals surface area contributed by atoms with E-state index in [1.807, 2.05) is 0 Å². The van der Waals surface area contributed by atoms with Crippen molar-refractivity contribution in [1.29, 1.82) is 0 Å². The van der Waals surface area contributed by atoms with Gasteiger partial charge in [-0.05, 0) is 12.3 Å². The van der Waals surface area contributed by atoms with E-state index in [9.17, 15) is 9.46 Å². The van der Waals surface area contributed by atoms with Crippen molar-refractivity contribution in [3.63, 3.8) is 0 Å². The third-order valence-electron chi connectivity index (χ3n) is 2.53. The molecule has 0 amide bonds. The van der Waals surface area contributed by atoms with Crippen LogP contribution in [0.1, 0.15) is 39.5 Å². The number of alkyl halides is 1. The quantitative estimate of drug-likeness (QED) is 0.358. The fourth-order valence-corrected chi connectivity index (χ4v) is 2.38. The van der Waals surface area contributed by atoms with Crippen LogP contribution in [0.15, 0.2) is 0 Å². The Balaban J connectivity index is 3.84. The van der Waals surface area contributed by atoms with Crippen LogP contribution < -0.4 is 0 Å². The largest absolute Gasteiger partial charge is 0.368 e. The molecule has 0 aliphatic heterocycles. The van der Waals surface area contributed by atoms with E-state index >= 15 is 0 Å². The molecule has 0 heterocycles. The summed E-state index contributed by atoms with van der Waals surface area (Å²) in [6.45, 7) is 4.79. The SMILES string of the molecule is CCCCC(CC)COP(=O)(O)COCCCl. The molecule has 0 bridgehead atoms. The fourth-order valence-electron chi connectivity index (χ4n) is 1.39. The minimum Gasteiger partial charge on any atom is -0.368 e. The molecule has 0 rings (SSSR count). The number of hydrogen-bond donors (Lipinski definition) is 1. The lowest BCUT2D eigenvalue weighted by Gasteiger charge is -2.17. The monoisotopic (exact) mass is 286 g/mol. The first-order chi connectivity index (χ1) is 8.05. The second-order valence-corrected chi connectivity index (χ2v) is 6.25. The summed E-state index contributed by atoms with van der Waals surface area (Å²) in [5.74, 6) is 0.664. The molecule has 1 N–H and O–H groups in total. The van der Waals surface area contributed by atoms with Crippen LogP contribution in [0.5, 0.6) is 0 Å². The lowest BCUT2D eigenvalue weighted by molar-refractivity contribution is 0.144. The molecular weight excluding hydrogens is 263 g/mol. The van der Waals surface area contributed by atoms with Crippen molar-refractivity contribution in [3.05, 3.63) is 0 Å². The highest BCUT2D eigenvalue weighted by atomic mass is 35.5. The molecule has 0 aromatic heterocycles. The van der Waals surface area contributed by atoms with Gasteiger partial charge >= 0.3 is 7.60 Å². The highest BCUT2D eigenvalue weighted by Crippen LogP contribution is 2.42. The molecule has 0 saturated heterocycles. The Kier molecular flexibility index (Phi) is 10.6. The predicted molar refractivity (Wildman–Crippen MR) is 70.6 cm³/mol. The Labute approximate surface area is 109 Å². The number of rotatable bonds is 11. The van der Waals surface area contributed by atoms with Crippen molar-refractivity contribution in [1.82, 2.24) is 0 Å². The van der Waals surface area contributed by atoms with Gasteiger partial charge in [0.05, 0.1) is 13.2 Å². The molecular formula is C11H24ClO4P. The Morgan fingerprint density at radius 3 is 2.65 bits per heavy atom. The first-order valence-electron chi connectivity index (χ1n) is 6.15. The van der Waals surface area contributed by atoms with Gasteiger partial charge < -0.3 is 14.2 Å². The van der Waals surface area contributed by atoms with Gasteiger partial charge in [0, 0.05) is 5.88 Å². The smallest absolute Gasteiger partial charge is 0.353 e. The Morgan fingerprint density at radius 1 is 1.41 bits per heavy atom. The number of ether oxygens (including phenoxy) is 1. The molecule has 0 aromatic rings. The molecule has 2 atom stereocenters. The summed E-state index contributed by atoms with van der Waals surface area (Å²) in [5, 5.41) is 0. The van der Waals surface area contributed by atoms with Crippen LogP contribution >= 0.6 is 19.2 Å². The van der Waals surface area contributed by atoms with Gasteiger partial charge in [-0.3, -0.25) is 4.57 Å². The van der Waals surface area contributed by atoms with E-state index in [-0.39, 0.29) is 13.0 Å². The van der Waals surface area contributed by atoms with Gasteiger partial charge in [-0.1, -0.05) is 33.1 Å². The van der Waals surface area contributed by atoms with Crippen molar-refractivity contribution < 1.29 is 18.7 Å². The van der Waals surface area contributed by atoms with Gasteiger partial charge in [0.15, 0.2) is 0 Å². The molecule has 0 spiro atoms. The van der Waals surface area contributed by atoms with E-state index < -0.39 is 7.60 Å². The van der Waals surface area contributed by atoms with Gasteiger partial charge in [0.1, 0.15) is 6.35 Å². The Morgan fingerprint density at radius 2 is 2.12 bits per heavy atom. The van der Waals surface area contributed by atoms with E-state index in [0.29, 0.717) is 18.4 Å². The van der Waals surface area contributed by atoms with Crippen LogP contribution in [-0.4, -0.2) is 30.3 Å². The molecule has 17 heavy (non-hydrogen) atoms. The lowest BCUT2D eigenvalue weighted by Crippen LogP contribution is -2.10. The van der Waals surface area contributed by atoms with Gasteiger partial charge in [0.25, 0.3) is 0 Å². The topological polar surface area (TPSA) is 55.8 Å². The normalized spacial score (nSPS) is 16.7. The molecule has 0 fully saturated rings. The second kappa shape index (κ2) is 10.3. The number of hydrogen-bond acceptors (Lipinski definition) is 3. The summed E-state index contributed by atoms with van der Waals surface area (Å²) in [5.41, 5.74) is 0. The molecule has 6 heteroatoms. The van der Waals surface area contributed by atoms with Crippen LogP contribution in [0.4, 0.5) is 0 Å². The van der Waals surface area contributed by atoms with Crippen LogP contribution in [0.2, 0.25) is 0 Å². The van der Waals surface area contributed by atoms with E-state index in [1.165, 1.54) is 0 Å². The van der Waals surface area contributed by atoms with Gasteiger partial charge in [-0.2, -0.15) is 0 Å². The maximum atomic E-state index is 11.5. The maximum absolute atomic E-state index is 11.5. The van der Waals surface area contributed by atoms with E-state index in [2.05, 4.69) is 13.8 Å². The Hall–Kier alpha value is 0.400. The van der Waals surface area contributed by atoms with Crippen LogP contribution in [0.3, 0.4) is 0 Å². The maximum Gasteiger partial charge on any atom is 0.353 e. The van der Waals surface area contributed by atoms with E-state index in [1.54, 1.807) is 0 Å². The average molecular weight is 287 g/mol. The van der Waals surface area contributed by atoms with Crippen molar-refractivity contribution >= 4 is 19.2 Å². The van der Waals surface area contributed by atoms with Gasteiger partial charge in [-0.25, -0.2) is 0 Å². The second-order valence-electron chi connectivity index (χ2n) is 4.08. The molecule has 0 aromatic carbocycles. The summed E-state index contributed by atoms with van der Waals surface area (Å²) < 4.78 is 21.5. The van der Waals surface area contributed by atoms with E-state index in [4.69, 9.17) is 20.9 Å². The van der Waals surface area contributed by atoms with Crippen molar-refractivity contribution in [3.8, 4) is 0 Å². The molecule has 0 saturated carbocycles. The Bertz CT molecular complexity index is 226. The minimum atomic E-state index is -3.60. The molecule has 104 valence electrons. The summed E-state index contributed by atoms with van der Waals surface area (Å²) in [4.78, 5) is 9.48. The zero-order valence-corrected chi connectivity index (χ0v) is 12.4. The highest BCUT2D eigenvalue weighted by Gasteiger charge is 2.21. The van der Waals surface area contributed by atoms with Gasteiger partial charge in [0.2, 0.25) is 0 Å². The average Bonchev–Trinajstić information content (AvgIpc) is 2.29. The summed E-state index contributed by atoms with van der Waals surface area (Å²) in [7, 11) is -3.60. The molecule has 0 aliphatic carbocycles. The molecule has 0 radical (unpaired) electrons. The van der Waals surface area contributed by atoms with Crippen molar-refractivity contribution in [2.24, 2.45) is 5.92 Å². The zero-order valence-electron chi connectivity index (χ0n) is 10.7. The highest BCUT2D eigenvalue weighted by molar-refractivity contribution is 7.52. The summed E-state index contributed by atoms with van der Waals surface area (Å²) in [6, 6.07) is 0. The molecule has 0 aliphatic rings. The van der Waals surface area contributed by atoms with E-state index in [0.717, 1.165) is 25.7 Å². The van der Waals surface area contributed by atoms with Crippen molar-refractivity contribution in [2.45, 2.75) is 39.5 Å². The summed E-state index contributed by atoms with van der Waals surface area (Å²) >= 11 is 5.40. The first-order valence-corrected chi connectivity index (χ1v) is 8.45. The molecule has 2 unspecified atom stereocenters. The minimum absolute atomic E-state index is 0.266. The third kappa shape index (κ3) is 10.0. The summed E-state index contributed by atoms with van der Waals surface area (Å²) in [6.07, 6.45) is 3.98. The zero-order chi connectivity index (χ0) is 13.1. The van der Waals surface area contributed by atoms with Gasteiger partial charge in [-0.15, -0.1) is 11.6 Å². The van der Waals surface area contributed by atoms with Crippen LogP contribution in [0.25, 0.3) is 0 Å².